The molecule has 0 bridgehead atoms. The van der Waals surface area contributed by atoms with Gasteiger partial charge in [0.1, 0.15) is 0 Å². The molecule has 2 nitrogen and oxygen atoms in total. The molecule has 0 aromatic heterocycles. The van der Waals surface area contributed by atoms with Crippen molar-refractivity contribution in [1.29, 1.82) is 0 Å². The molecule has 0 aliphatic heterocycles. The quantitative estimate of drug-likeness (QED) is 0.826. The van der Waals surface area contributed by atoms with Gasteiger partial charge in [-0.15, -0.1) is 0 Å². The van der Waals surface area contributed by atoms with E-state index < -0.39 is 5.97 Å². The summed E-state index contributed by atoms with van der Waals surface area (Å²) >= 11 is 0. The molecule has 16 heavy (non-hydrogen) atoms. The van der Waals surface area contributed by atoms with Crippen molar-refractivity contribution in [3.8, 4) is 0 Å². The summed E-state index contributed by atoms with van der Waals surface area (Å²) in [4.78, 5) is 10.5. The number of benzene rings is 1. The van der Waals surface area contributed by atoms with E-state index in [1.165, 1.54) is 16.7 Å². The normalized spacial score (nSPS) is 12.4. The minimum absolute atomic E-state index is 0.248. The fourth-order valence-corrected chi connectivity index (χ4v) is 1.93. The first-order valence-electron chi connectivity index (χ1n) is 5.77. The van der Waals surface area contributed by atoms with Gasteiger partial charge in [0.15, 0.2) is 0 Å². The van der Waals surface area contributed by atoms with Gasteiger partial charge in [0, 0.05) is 6.42 Å². The molecular weight excluding hydrogens is 200 g/mol. The van der Waals surface area contributed by atoms with Crippen molar-refractivity contribution in [3.63, 3.8) is 0 Å². The number of aryl methyl sites for hydroxylation is 3. The van der Waals surface area contributed by atoms with E-state index in [4.69, 9.17) is 5.11 Å². The van der Waals surface area contributed by atoms with Gasteiger partial charge in [-0.3, -0.25) is 4.79 Å². The van der Waals surface area contributed by atoms with Crippen LogP contribution in [0.1, 0.15) is 36.5 Å². The average Bonchev–Trinajstić information content (AvgIpc) is 2.15. The molecule has 0 amide bonds. The highest BCUT2D eigenvalue weighted by atomic mass is 16.4. The lowest BCUT2D eigenvalue weighted by Gasteiger charge is -2.10. The topological polar surface area (TPSA) is 37.3 Å². The van der Waals surface area contributed by atoms with Gasteiger partial charge in [-0.2, -0.15) is 0 Å². The Bertz CT molecular complexity index is 369. The third-order valence-electron chi connectivity index (χ3n) is 2.93. The Morgan fingerprint density at radius 2 is 2.06 bits per heavy atom. The average molecular weight is 220 g/mol. The number of aliphatic carboxylic acids is 1. The summed E-state index contributed by atoms with van der Waals surface area (Å²) < 4.78 is 0. The Morgan fingerprint density at radius 3 is 2.62 bits per heavy atom. The molecule has 1 aromatic rings. The van der Waals surface area contributed by atoms with E-state index >= 15 is 0 Å². The van der Waals surface area contributed by atoms with Crippen LogP contribution < -0.4 is 0 Å². The van der Waals surface area contributed by atoms with E-state index in [9.17, 15) is 4.79 Å². The smallest absolute Gasteiger partial charge is 0.303 e. The van der Waals surface area contributed by atoms with Crippen LogP contribution in [-0.4, -0.2) is 11.1 Å². The molecule has 88 valence electrons. The molecule has 0 spiro atoms. The highest BCUT2D eigenvalue weighted by Crippen LogP contribution is 2.16. The molecule has 0 heterocycles. The lowest BCUT2D eigenvalue weighted by Crippen LogP contribution is -2.05. The van der Waals surface area contributed by atoms with E-state index in [1.807, 2.05) is 6.92 Å². The zero-order chi connectivity index (χ0) is 12.1. The number of carboxylic acid groups (broad SMARTS) is 1. The molecule has 0 saturated heterocycles. The largest absolute Gasteiger partial charge is 0.481 e. The second kappa shape index (κ2) is 5.69. The van der Waals surface area contributed by atoms with Gasteiger partial charge >= 0.3 is 5.97 Å². The van der Waals surface area contributed by atoms with E-state index in [0.29, 0.717) is 0 Å². The summed E-state index contributed by atoms with van der Waals surface area (Å²) in [6.07, 6.45) is 2.18. The van der Waals surface area contributed by atoms with Gasteiger partial charge in [-0.05, 0) is 43.7 Å². The molecule has 1 rings (SSSR count). The third kappa shape index (κ3) is 4.05. The molecule has 1 aromatic carbocycles. The fourth-order valence-electron chi connectivity index (χ4n) is 1.93. The van der Waals surface area contributed by atoms with Crippen molar-refractivity contribution in [1.82, 2.24) is 0 Å². The number of carbonyl (C=O) groups is 1. The predicted molar refractivity (Wildman–Crippen MR) is 65.7 cm³/mol. The molecule has 1 atom stereocenters. The summed E-state index contributed by atoms with van der Waals surface area (Å²) in [7, 11) is 0. The monoisotopic (exact) mass is 220 g/mol. The van der Waals surface area contributed by atoms with E-state index in [0.717, 1.165) is 12.8 Å². The predicted octanol–water partition coefficient (Wildman–Crippen LogP) is 3.35. The molecular formula is C14H20O2. The van der Waals surface area contributed by atoms with Crippen LogP contribution in [0, 0.1) is 19.8 Å². The molecule has 2 heteroatoms. The van der Waals surface area contributed by atoms with Crippen LogP contribution in [0.15, 0.2) is 18.2 Å². The van der Waals surface area contributed by atoms with Crippen LogP contribution in [0.3, 0.4) is 0 Å². The van der Waals surface area contributed by atoms with E-state index in [2.05, 4.69) is 32.0 Å². The second-order valence-electron chi connectivity index (χ2n) is 4.67. The molecule has 1 unspecified atom stereocenters. The van der Waals surface area contributed by atoms with Gasteiger partial charge in [-0.1, -0.05) is 30.7 Å². The lowest BCUT2D eigenvalue weighted by molar-refractivity contribution is -0.138. The highest BCUT2D eigenvalue weighted by molar-refractivity contribution is 5.66. The Hall–Kier alpha value is -1.31. The Labute approximate surface area is 97.3 Å². The Morgan fingerprint density at radius 1 is 1.38 bits per heavy atom. The maximum atomic E-state index is 10.5. The van der Waals surface area contributed by atoms with Gasteiger partial charge in [-0.25, -0.2) is 0 Å². The van der Waals surface area contributed by atoms with Crippen molar-refractivity contribution in [3.05, 3.63) is 34.9 Å². The first-order chi connectivity index (χ1) is 7.49. The molecule has 0 fully saturated rings. The van der Waals surface area contributed by atoms with Crippen molar-refractivity contribution >= 4 is 5.97 Å². The van der Waals surface area contributed by atoms with Crippen LogP contribution in [0.5, 0.6) is 0 Å². The maximum absolute atomic E-state index is 10.5. The zero-order valence-corrected chi connectivity index (χ0v) is 10.3. The van der Waals surface area contributed by atoms with Gasteiger partial charge in [0.05, 0.1) is 0 Å². The number of carboxylic acids is 1. The maximum Gasteiger partial charge on any atom is 0.303 e. The summed E-state index contributed by atoms with van der Waals surface area (Å²) in [5, 5.41) is 8.67. The highest BCUT2D eigenvalue weighted by Gasteiger charge is 2.08. The van der Waals surface area contributed by atoms with Crippen LogP contribution in [0.4, 0.5) is 0 Å². The van der Waals surface area contributed by atoms with Crippen LogP contribution in [0.25, 0.3) is 0 Å². The Kier molecular flexibility index (Phi) is 4.53. The van der Waals surface area contributed by atoms with Crippen LogP contribution in [0.2, 0.25) is 0 Å². The van der Waals surface area contributed by atoms with Crippen molar-refractivity contribution < 1.29 is 9.90 Å². The van der Waals surface area contributed by atoms with Gasteiger partial charge in [0.25, 0.3) is 0 Å². The molecule has 0 saturated carbocycles. The molecule has 0 radical (unpaired) electrons. The summed E-state index contributed by atoms with van der Waals surface area (Å²) in [6.45, 7) is 6.20. The van der Waals surface area contributed by atoms with Crippen molar-refractivity contribution in [2.45, 2.75) is 40.0 Å². The summed E-state index contributed by atoms with van der Waals surface area (Å²) in [5.41, 5.74) is 3.92. The number of hydrogen-bond donors (Lipinski definition) is 1. The number of hydrogen-bond acceptors (Lipinski definition) is 1. The molecule has 0 aliphatic carbocycles. The van der Waals surface area contributed by atoms with Crippen molar-refractivity contribution in [2.75, 3.05) is 0 Å². The minimum Gasteiger partial charge on any atom is -0.481 e. The lowest BCUT2D eigenvalue weighted by atomic mass is 9.95. The van der Waals surface area contributed by atoms with Gasteiger partial charge in [0.2, 0.25) is 0 Å². The van der Waals surface area contributed by atoms with E-state index in [-0.39, 0.29) is 12.3 Å². The van der Waals surface area contributed by atoms with E-state index in [1.54, 1.807) is 0 Å². The van der Waals surface area contributed by atoms with Gasteiger partial charge < -0.3 is 5.11 Å². The first kappa shape index (κ1) is 12.8. The number of rotatable bonds is 5. The molecule has 1 N–H and O–H groups in total. The summed E-state index contributed by atoms with van der Waals surface area (Å²) in [6, 6.07) is 6.44. The second-order valence-corrected chi connectivity index (χ2v) is 4.67. The molecule has 0 aliphatic rings. The third-order valence-corrected chi connectivity index (χ3v) is 2.93. The van der Waals surface area contributed by atoms with Crippen LogP contribution >= 0.6 is 0 Å². The first-order valence-corrected chi connectivity index (χ1v) is 5.77. The standard InChI is InChI=1S/C14H20O2/c1-10-4-6-13(12(3)8-10)7-5-11(2)9-14(15)16/h4,6,8,11H,5,7,9H2,1-3H3,(H,15,16). The minimum atomic E-state index is -0.701. The SMILES string of the molecule is Cc1ccc(CCC(C)CC(=O)O)c(C)c1. The zero-order valence-electron chi connectivity index (χ0n) is 10.3. The summed E-state index contributed by atoms with van der Waals surface area (Å²) in [5.74, 6) is -0.452. The van der Waals surface area contributed by atoms with Crippen LogP contribution in [-0.2, 0) is 11.2 Å². The van der Waals surface area contributed by atoms with Crippen molar-refractivity contribution in [2.24, 2.45) is 5.92 Å². The fraction of sp³-hybridized carbons (Fsp3) is 0.500. The Balaban J connectivity index is 2.51.